The third kappa shape index (κ3) is 3.02. The second-order valence-corrected chi connectivity index (χ2v) is 6.18. The average molecular weight is 300 g/mol. The summed E-state index contributed by atoms with van der Waals surface area (Å²) < 4.78 is 5.12. The van der Waals surface area contributed by atoms with E-state index < -0.39 is 0 Å². The summed E-state index contributed by atoms with van der Waals surface area (Å²) in [5.74, 6) is 0.751. The molecule has 118 valence electrons. The molecule has 22 heavy (non-hydrogen) atoms. The zero-order valence-electron chi connectivity index (χ0n) is 13.3. The highest BCUT2D eigenvalue weighted by molar-refractivity contribution is 5.94. The molecule has 1 aliphatic carbocycles. The number of rotatable bonds is 4. The topological polar surface area (TPSA) is 41.6 Å². The highest BCUT2D eigenvalue weighted by atomic mass is 16.5. The van der Waals surface area contributed by atoms with Crippen molar-refractivity contribution in [2.75, 3.05) is 20.2 Å². The Bertz CT molecular complexity index is 559. The van der Waals surface area contributed by atoms with E-state index in [2.05, 4.69) is 23.2 Å². The van der Waals surface area contributed by atoms with Crippen molar-refractivity contribution in [2.24, 2.45) is 0 Å². The Labute approximate surface area is 132 Å². The molecule has 1 aliphatic heterocycles. The maximum absolute atomic E-state index is 12.4. The van der Waals surface area contributed by atoms with Crippen LogP contribution in [0.4, 0.5) is 0 Å². The Kier molecular flexibility index (Phi) is 4.48. The van der Waals surface area contributed by atoms with Crippen molar-refractivity contribution in [3.63, 3.8) is 0 Å². The maximum atomic E-state index is 12.4. The minimum Gasteiger partial charge on any atom is -0.497 e. The lowest BCUT2D eigenvalue weighted by atomic mass is 9.85. The van der Waals surface area contributed by atoms with Gasteiger partial charge in [0.05, 0.1) is 19.2 Å². The number of hydrogen-bond acceptors (Lipinski definition) is 3. The number of carbonyl (C=O) groups excluding carboxylic acids is 1. The third-order valence-electron chi connectivity index (χ3n) is 4.68. The predicted molar refractivity (Wildman–Crippen MR) is 87.2 cm³/mol. The number of hydrogen-bond donors (Lipinski definition) is 1. The quantitative estimate of drug-likeness (QED) is 0.869. The Morgan fingerprint density at radius 1 is 1.18 bits per heavy atom. The summed E-state index contributed by atoms with van der Waals surface area (Å²) in [5.41, 5.74) is 2.05. The summed E-state index contributed by atoms with van der Waals surface area (Å²) in [6, 6.07) is 7.76. The van der Waals surface area contributed by atoms with Gasteiger partial charge in [0.25, 0.3) is 5.91 Å². The number of benzene rings is 1. The van der Waals surface area contributed by atoms with Crippen LogP contribution >= 0.6 is 0 Å². The molecule has 4 nitrogen and oxygen atoms in total. The van der Waals surface area contributed by atoms with Crippen LogP contribution < -0.4 is 10.1 Å². The van der Waals surface area contributed by atoms with Crippen LogP contribution in [0.25, 0.3) is 0 Å². The SMILES string of the molecule is COc1ccc(C(=O)NC2C=C(C)[C@H]2N2CCCCC2)cc1. The van der Waals surface area contributed by atoms with Gasteiger partial charge >= 0.3 is 0 Å². The lowest BCUT2D eigenvalue weighted by Crippen LogP contribution is -2.57. The van der Waals surface area contributed by atoms with E-state index in [1.807, 2.05) is 12.1 Å². The monoisotopic (exact) mass is 300 g/mol. The van der Waals surface area contributed by atoms with Crippen LogP contribution in [0.5, 0.6) is 5.75 Å². The number of piperidine rings is 1. The number of nitrogens with zero attached hydrogens (tertiary/aromatic N) is 1. The van der Waals surface area contributed by atoms with Crippen LogP contribution in [0.2, 0.25) is 0 Å². The zero-order chi connectivity index (χ0) is 15.5. The van der Waals surface area contributed by atoms with Crippen molar-refractivity contribution in [1.82, 2.24) is 10.2 Å². The predicted octanol–water partition coefficient (Wildman–Crippen LogP) is 2.61. The third-order valence-corrected chi connectivity index (χ3v) is 4.68. The fraction of sp³-hybridized carbons (Fsp3) is 0.500. The lowest BCUT2D eigenvalue weighted by Gasteiger charge is -2.44. The largest absolute Gasteiger partial charge is 0.497 e. The molecule has 0 saturated carbocycles. The summed E-state index contributed by atoms with van der Waals surface area (Å²) >= 11 is 0. The van der Waals surface area contributed by atoms with Crippen molar-refractivity contribution in [2.45, 2.75) is 38.3 Å². The van der Waals surface area contributed by atoms with Crippen molar-refractivity contribution < 1.29 is 9.53 Å². The minimum atomic E-state index is -0.0154. The van der Waals surface area contributed by atoms with Crippen LogP contribution in [0.1, 0.15) is 36.5 Å². The molecule has 0 spiro atoms. The molecular formula is C18H24N2O2. The molecule has 2 aliphatic rings. The first-order chi connectivity index (χ1) is 10.7. The van der Waals surface area contributed by atoms with Gasteiger partial charge in [0.2, 0.25) is 0 Å². The van der Waals surface area contributed by atoms with Gasteiger partial charge in [-0.1, -0.05) is 18.1 Å². The molecule has 0 radical (unpaired) electrons. The molecule has 1 aromatic carbocycles. The first-order valence-electron chi connectivity index (χ1n) is 8.06. The van der Waals surface area contributed by atoms with Crippen LogP contribution in [-0.2, 0) is 0 Å². The van der Waals surface area contributed by atoms with E-state index in [4.69, 9.17) is 4.74 Å². The highest BCUT2D eigenvalue weighted by Crippen LogP contribution is 2.28. The van der Waals surface area contributed by atoms with Gasteiger partial charge in [-0.05, 0) is 57.1 Å². The van der Waals surface area contributed by atoms with E-state index >= 15 is 0 Å². The second-order valence-electron chi connectivity index (χ2n) is 6.18. The number of likely N-dealkylation sites (tertiary alicyclic amines) is 1. The molecule has 2 atom stereocenters. The molecular weight excluding hydrogens is 276 g/mol. The van der Waals surface area contributed by atoms with Gasteiger partial charge in [-0.2, -0.15) is 0 Å². The second kappa shape index (κ2) is 6.53. The number of methoxy groups -OCH3 is 1. The normalized spacial score (nSPS) is 25.1. The van der Waals surface area contributed by atoms with Gasteiger partial charge < -0.3 is 10.1 Å². The summed E-state index contributed by atoms with van der Waals surface area (Å²) in [5, 5.41) is 3.15. The first-order valence-corrected chi connectivity index (χ1v) is 8.06. The zero-order valence-corrected chi connectivity index (χ0v) is 13.3. The van der Waals surface area contributed by atoms with Crippen molar-refractivity contribution >= 4 is 5.91 Å². The Hall–Kier alpha value is -1.81. The van der Waals surface area contributed by atoms with Crippen LogP contribution in [-0.4, -0.2) is 43.1 Å². The Morgan fingerprint density at radius 3 is 2.45 bits per heavy atom. The van der Waals surface area contributed by atoms with Gasteiger partial charge in [0.1, 0.15) is 5.75 Å². The summed E-state index contributed by atoms with van der Waals surface area (Å²) in [6.07, 6.45) is 6.03. The van der Waals surface area contributed by atoms with E-state index in [1.54, 1.807) is 19.2 Å². The van der Waals surface area contributed by atoms with E-state index in [0.29, 0.717) is 11.6 Å². The standard InChI is InChI=1S/C18H24N2O2/c1-13-12-16(17(13)20-10-4-3-5-11-20)19-18(21)14-6-8-15(22-2)9-7-14/h6-9,12,16-17H,3-5,10-11H2,1-2H3,(H,19,21)/t16?,17-/m1/s1. The van der Waals surface area contributed by atoms with Gasteiger partial charge in [0, 0.05) is 5.56 Å². The molecule has 3 rings (SSSR count). The number of nitrogens with one attached hydrogen (secondary N) is 1. The summed E-state index contributed by atoms with van der Waals surface area (Å²) in [4.78, 5) is 14.9. The maximum Gasteiger partial charge on any atom is 0.251 e. The smallest absolute Gasteiger partial charge is 0.251 e. The molecule has 1 heterocycles. The lowest BCUT2D eigenvalue weighted by molar-refractivity contribution is 0.0893. The molecule has 1 unspecified atom stereocenters. The van der Waals surface area contributed by atoms with E-state index in [0.717, 1.165) is 18.8 Å². The van der Waals surface area contributed by atoms with Crippen molar-refractivity contribution in [3.8, 4) is 5.75 Å². The van der Waals surface area contributed by atoms with Crippen LogP contribution in [0.3, 0.4) is 0 Å². The molecule has 0 aromatic heterocycles. The number of ether oxygens (including phenoxy) is 1. The molecule has 4 heteroatoms. The molecule has 1 fully saturated rings. The van der Waals surface area contributed by atoms with E-state index in [-0.39, 0.29) is 11.9 Å². The fourth-order valence-electron chi connectivity index (χ4n) is 3.45. The Morgan fingerprint density at radius 2 is 1.86 bits per heavy atom. The van der Waals surface area contributed by atoms with Crippen molar-refractivity contribution in [1.29, 1.82) is 0 Å². The summed E-state index contributed by atoms with van der Waals surface area (Å²) in [7, 11) is 1.63. The van der Waals surface area contributed by atoms with Gasteiger partial charge in [-0.25, -0.2) is 0 Å². The Balaban J connectivity index is 1.63. The van der Waals surface area contributed by atoms with Crippen molar-refractivity contribution in [3.05, 3.63) is 41.5 Å². The average Bonchev–Trinajstić information content (AvgIpc) is 2.55. The van der Waals surface area contributed by atoms with E-state index in [9.17, 15) is 4.79 Å². The van der Waals surface area contributed by atoms with E-state index in [1.165, 1.54) is 24.8 Å². The fourth-order valence-corrected chi connectivity index (χ4v) is 3.45. The minimum absolute atomic E-state index is 0.0154. The van der Waals surface area contributed by atoms with Crippen LogP contribution in [0.15, 0.2) is 35.9 Å². The van der Waals surface area contributed by atoms with Gasteiger partial charge in [-0.3, -0.25) is 9.69 Å². The van der Waals surface area contributed by atoms with Gasteiger partial charge in [-0.15, -0.1) is 0 Å². The molecule has 1 N–H and O–H groups in total. The van der Waals surface area contributed by atoms with Crippen LogP contribution in [0, 0.1) is 0 Å². The number of carbonyl (C=O) groups is 1. The molecule has 1 amide bonds. The van der Waals surface area contributed by atoms with Gasteiger partial charge in [0.15, 0.2) is 0 Å². The molecule has 1 saturated heterocycles. The summed E-state index contributed by atoms with van der Waals surface area (Å²) in [6.45, 7) is 4.45. The highest BCUT2D eigenvalue weighted by Gasteiger charge is 2.36. The number of amides is 1. The first kappa shape index (κ1) is 15.1. The molecule has 0 bridgehead atoms. The molecule has 1 aromatic rings.